The number of methoxy groups -OCH3 is 1. The first-order valence-electron chi connectivity index (χ1n) is 39.0. The Balaban J connectivity index is 0.000000135. The first-order chi connectivity index (χ1) is 56.1. The van der Waals surface area contributed by atoms with Gasteiger partial charge in [0, 0.05) is 95.7 Å². The molecule has 11 aromatic rings. The van der Waals surface area contributed by atoms with Gasteiger partial charge < -0.3 is 28.4 Å². The minimum Gasteiger partial charge on any atom is -0.465 e. The van der Waals surface area contributed by atoms with Crippen molar-refractivity contribution < 1.29 is 70.0 Å². The predicted molar refractivity (Wildman–Crippen MR) is 450 cm³/mol. The molecule has 17 nitrogen and oxygen atoms in total. The largest absolute Gasteiger partial charge is 0.465 e. The first kappa shape index (κ1) is 86.0. The second-order valence-corrected chi connectivity index (χ2v) is 35.6. The highest BCUT2D eigenvalue weighted by molar-refractivity contribution is 8.02. The molecule has 5 saturated carbocycles. The number of benzene rings is 6. The second-order valence-electron chi connectivity index (χ2n) is 28.5. The van der Waals surface area contributed by atoms with Gasteiger partial charge >= 0.3 is 36.0 Å². The lowest BCUT2D eigenvalue weighted by Crippen LogP contribution is -2.43. The molecule has 0 bridgehead atoms. The summed E-state index contributed by atoms with van der Waals surface area (Å²) in [5.74, 6) is -0.960. The van der Waals surface area contributed by atoms with Crippen LogP contribution < -0.4 is 0 Å². The third kappa shape index (κ3) is 19.6. The molecule has 6 aromatic carbocycles. The minimum atomic E-state index is -4.40. The molecule has 26 heteroatoms. The van der Waals surface area contributed by atoms with E-state index in [2.05, 4.69) is 37.1 Å². The number of thioether (sulfide) groups is 5. The molecule has 5 fully saturated rings. The standard InChI is InChI=1S/C23H20F3NO2S.C18H21NO3S.C18H17NO2S.C16H16FNO2S.C15H16N2O2S/c1-2-29-21(28)22(10-4-11-22)30-20-9-12-27-19-8-7-16(14-18(19)20)15-5-3-6-17(13-15)23(24,25)26;1-3-22-17(20)18(8-4-9-18)23-16-7-10-19-15-6-5-13(12-21-2)11-14(15)16;1-2-21-17(20)18(10-5-11-18)22-16-9-8-13(12-19)14-6-3-4-7-15(14)16;1-2-20-15(19)16(7-3-8-16)21-14-6-9-18-13-5-4-11(17)10-12(13)14;1-2-19-14(18)15(6-3-7-15)20-13-5-9-17-12-4-8-16-10-11(12)13/h3,5-9,12-14H,2,4,10-11H2,1H3;5-7,10-11H,3-4,8-9,12H2,1-2H3;3-4,6-9H,2,5,10-11H2,1H3;4-6,9-10H,2-3,7-8H2,1H3;4-5,8-10H,2-3,6-7H2,1H3. The molecule has 0 spiro atoms. The van der Waals surface area contributed by atoms with Gasteiger partial charge in [-0.25, -0.2) is 4.39 Å². The van der Waals surface area contributed by atoms with Gasteiger partial charge in [0.05, 0.1) is 78.9 Å². The van der Waals surface area contributed by atoms with Crippen LogP contribution in [0.25, 0.3) is 65.5 Å². The Labute approximate surface area is 693 Å². The fourth-order valence-electron chi connectivity index (χ4n) is 14.1. The Bertz CT molecular complexity index is 5420. The first-order valence-corrected chi connectivity index (χ1v) is 43.1. The number of nitrogens with zero attached hydrogens (tertiary/aromatic N) is 6. The number of pyridine rings is 5. The summed E-state index contributed by atoms with van der Waals surface area (Å²) in [4.78, 5) is 88.1. The molecule has 0 radical (unpaired) electrons. The molecule has 0 amide bonds. The zero-order chi connectivity index (χ0) is 82.1. The van der Waals surface area contributed by atoms with Gasteiger partial charge in [-0.1, -0.05) is 48.5 Å². The van der Waals surface area contributed by atoms with E-state index < -0.39 is 35.5 Å². The van der Waals surface area contributed by atoms with Crippen LogP contribution in [-0.2, 0) is 65.2 Å². The molecule has 0 saturated heterocycles. The monoisotopic (exact) mass is 1670 g/mol. The summed E-state index contributed by atoms with van der Waals surface area (Å²) in [5.41, 5.74) is 5.55. The van der Waals surface area contributed by atoms with Gasteiger partial charge in [0.25, 0.3) is 0 Å². The molecule has 5 aromatic heterocycles. The summed E-state index contributed by atoms with van der Waals surface area (Å²) in [6.45, 7) is 11.7. The van der Waals surface area contributed by atoms with E-state index in [0.717, 1.165) is 193 Å². The average molecular weight is 1670 g/mol. The lowest BCUT2D eigenvalue weighted by molar-refractivity contribution is -0.149. The van der Waals surface area contributed by atoms with Gasteiger partial charge in [-0.2, -0.15) is 18.4 Å². The SMILES string of the molecule is CCOC(=O)C1(Sc2ccc(C#N)c3ccccc23)CCC1.CCOC(=O)C1(Sc2ccnc3ccc(-c4cccc(C(F)(F)F)c4)cc23)CCC1.CCOC(=O)C1(Sc2ccnc3ccc(COC)cc23)CCC1.CCOC(=O)C1(Sc2ccnc3ccc(F)cc23)CCC1.CCOC(=O)C1(Sc2ccnc3ccncc23)CCC1. The van der Waals surface area contributed by atoms with E-state index in [9.17, 15) is 46.8 Å². The summed E-state index contributed by atoms with van der Waals surface area (Å²) in [5, 5.41) is 14.8. The second kappa shape index (κ2) is 38.8. The maximum atomic E-state index is 13.5. The van der Waals surface area contributed by atoms with Crippen LogP contribution in [0.5, 0.6) is 0 Å². The van der Waals surface area contributed by atoms with E-state index in [0.29, 0.717) is 56.3 Å². The number of halogens is 4. The van der Waals surface area contributed by atoms with Crippen molar-refractivity contribution in [3.8, 4) is 17.2 Å². The Morgan fingerprint density at radius 2 is 0.784 bits per heavy atom. The predicted octanol–water partition coefficient (Wildman–Crippen LogP) is 21.9. The molecule has 0 unspecified atom stereocenters. The number of carbonyl (C=O) groups excluding carboxylic acids is 5. The molecule has 116 heavy (non-hydrogen) atoms. The van der Waals surface area contributed by atoms with Crippen molar-refractivity contribution in [2.45, 2.75) is 192 Å². The molecule has 16 rings (SSSR count). The third-order valence-electron chi connectivity index (χ3n) is 21.0. The number of aromatic nitrogens is 5. The van der Waals surface area contributed by atoms with Crippen molar-refractivity contribution >= 4 is 143 Å². The van der Waals surface area contributed by atoms with Crippen molar-refractivity contribution in [2.24, 2.45) is 0 Å². The summed E-state index contributed by atoms with van der Waals surface area (Å²) in [6.07, 6.45) is 19.6. The fourth-order valence-corrected chi connectivity index (χ4v) is 21.4. The number of fused-ring (bicyclic) bond motifs is 5. The number of hydrogen-bond donors (Lipinski definition) is 0. The Kier molecular flexibility index (Phi) is 28.8. The molecule has 0 aliphatic heterocycles. The van der Waals surface area contributed by atoms with E-state index in [1.165, 1.54) is 41.7 Å². The molecule has 5 aliphatic carbocycles. The van der Waals surface area contributed by atoms with E-state index >= 15 is 0 Å². The number of nitriles is 1. The number of alkyl halides is 3. The van der Waals surface area contributed by atoms with Crippen molar-refractivity contribution in [1.82, 2.24) is 24.9 Å². The average Bonchev–Trinajstić information content (AvgIpc) is 0.780. The lowest BCUT2D eigenvalue weighted by atomic mass is 9.84. The maximum absolute atomic E-state index is 13.5. The van der Waals surface area contributed by atoms with E-state index in [1.807, 2.05) is 119 Å². The van der Waals surface area contributed by atoms with Crippen LogP contribution in [0.2, 0.25) is 0 Å². The number of rotatable bonds is 23. The van der Waals surface area contributed by atoms with Gasteiger partial charge in [0.1, 0.15) is 29.6 Å². The topological polar surface area (TPSA) is 229 Å². The van der Waals surface area contributed by atoms with E-state index in [1.54, 1.807) is 105 Å². The van der Waals surface area contributed by atoms with E-state index in [4.69, 9.17) is 28.4 Å². The number of ether oxygens (including phenoxy) is 6. The van der Waals surface area contributed by atoms with Gasteiger partial charge in [0.2, 0.25) is 0 Å². The Morgan fingerprint density at radius 1 is 0.405 bits per heavy atom. The van der Waals surface area contributed by atoms with Crippen LogP contribution in [0, 0.1) is 17.1 Å². The smallest absolute Gasteiger partial charge is 0.416 e. The lowest BCUT2D eigenvalue weighted by Gasteiger charge is -2.38. The highest BCUT2D eigenvalue weighted by Crippen LogP contribution is 2.55. The summed E-state index contributed by atoms with van der Waals surface area (Å²) in [6, 6.07) is 44.7. The van der Waals surface area contributed by atoms with Crippen LogP contribution in [0.15, 0.2) is 207 Å². The summed E-state index contributed by atoms with van der Waals surface area (Å²) >= 11 is 7.77. The van der Waals surface area contributed by atoms with Gasteiger partial charge in [-0.15, -0.1) is 58.8 Å². The van der Waals surface area contributed by atoms with Crippen molar-refractivity contribution in [1.29, 1.82) is 5.26 Å². The third-order valence-corrected chi connectivity index (χ3v) is 28.8. The normalized spacial score (nSPS) is 16.1. The van der Waals surface area contributed by atoms with Crippen molar-refractivity contribution in [2.75, 3.05) is 40.1 Å². The Hall–Kier alpha value is -9.36. The van der Waals surface area contributed by atoms with Gasteiger partial charge in [-0.05, 0) is 250 Å². The van der Waals surface area contributed by atoms with Crippen molar-refractivity contribution in [3.05, 3.63) is 205 Å². The van der Waals surface area contributed by atoms with Crippen LogP contribution in [-0.4, -0.2) is 119 Å². The number of hydrogen-bond acceptors (Lipinski definition) is 22. The zero-order valence-corrected chi connectivity index (χ0v) is 69.5. The molecule has 0 N–H and O–H groups in total. The summed E-state index contributed by atoms with van der Waals surface area (Å²) < 4.78 is 81.9. The number of carbonyl (C=O) groups is 5. The van der Waals surface area contributed by atoms with Crippen LogP contribution >= 0.6 is 58.8 Å². The highest BCUT2D eigenvalue weighted by Gasteiger charge is 2.51. The molecule has 5 aliphatic rings. The fraction of sp³-hybridized carbons (Fsp3) is 0.367. The van der Waals surface area contributed by atoms with Crippen LogP contribution in [0.1, 0.15) is 148 Å². The van der Waals surface area contributed by atoms with Gasteiger partial charge in [-0.3, -0.25) is 48.9 Å². The van der Waals surface area contributed by atoms with Crippen molar-refractivity contribution in [3.63, 3.8) is 0 Å². The molecular formula is C90H90F4N6O11S5. The maximum Gasteiger partial charge on any atom is 0.416 e. The molecule has 5 heterocycles. The van der Waals surface area contributed by atoms with Crippen LogP contribution in [0.3, 0.4) is 0 Å². The number of esters is 5. The zero-order valence-electron chi connectivity index (χ0n) is 65.4. The van der Waals surface area contributed by atoms with E-state index in [-0.39, 0.29) is 35.7 Å². The molecule has 604 valence electrons. The quantitative estimate of drug-likeness (QED) is 0.0329. The van der Waals surface area contributed by atoms with Gasteiger partial charge in [0.15, 0.2) is 0 Å². The molecule has 0 atom stereocenters. The Morgan fingerprint density at radius 3 is 1.19 bits per heavy atom. The summed E-state index contributed by atoms with van der Waals surface area (Å²) in [7, 11) is 1.69. The highest BCUT2D eigenvalue weighted by atomic mass is 32.2. The minimum absolute atomic E-state index is 0.0886. The van der Waals surface area contributed by atoms with Crippen LogP contribution in [0.4, 0.5) is 17.6 Å². The molecular weight excluding hydrogens is 1580 g/mol.